The van der Waals surface area contributed by atoms with E-state index < -0.39 is 0 Å². The first kappa shape index (κ1) is 36.7. The number of fused-ring (bicyclic) bond motifs is 13. The van der Waals surface area contributed by atoms with E-state index in [-0.39, 0.29) is 18.3 Å². The lowest BCUT2D eigenvalue weighted by atomic mass is 9.77. The highest BCUT2D eigenvalue weighted by molar-refractivity contribution is 6.62. The molecule has 1 aliphatic heterocycles. The van der Waals surface area contributed by atoms with Crippen LogP contribution in [-0.4, -0.2) is 18.3 Å². The van der Waals surface area contributed by atoms with E-state index in [9.17, 15) is 0 Å². The molecule has 63 heavy (non-hydrogen) atoms. The third kappa shape index (κ3) is 5.77. The minimum Gasteiger partial charge on any atom is -0.456 e. The maximum absolute atomic E-state index is 6.31. The Kier molecular flexibility index (Phi) is 7.91. The van der Waals surface area contributed by atoms with Crippen LogP contribution in [0, 0.1) is 0 Å². The molecule has 2 aromatic heterocycles. The molecule has 6 heteroatoms. The van der Waals surface area contributed by atoms with Gasteiger partial charge in [0.15, 0.2) is 0 Å². The third-order valence-electron chi connectivity index (χ3n) is 13.8. The Morgan fingerprint density at radius 3 is 1.38 bits per heavy atom. The average Bonchev–Trinajstić information content (AvgIpc) is 3.64. The second-order valence-electron chi connectivity index (χ2n) is 17.6. The van der Waals surface area contributed by atoms with Crippen LogP contribution in [0.2, 0.25) is 5.02 Å². The summed E-state index contributed by atoms with van der Waals surface area (Å²) in [5.41, 5.74) is 9.20. The predicted octanol–water partition coefficient (Wildman–Crippen LogP) is 15.4. The normalized spacial score (nSPS) is 18.3. The van der Waals surface area contributed by atoms with Gasteiger partial charge in [-0.1, -0.05) is 133 Å². The van der Waals surface area contributed by atoms with Crippen molar-refractivity contribution in [2.24, 2.45) is 0 Å². The van der Waals surface area contributed by atoms with Crippen molar-refractivity contribution in [2.75, 3.05) is 0 Å². The van der Waals surface area contributed by atoms with Gasteiger partial charge in [-0.25, -0.2) is 0 Å². The number of hydrogen-bond acceptors (Lipinski definition) is 4. The number of rotatable bonds is 3. The van der Waals surface area contributed by atoms with Crippen molar-refractivity contribution in [2.45, 2.75) is 31.5 Å². The van der Waals surface area contributed by atoms with Crippen molar-refractivity contribution in [1.29, 1.82) is 0 Å². The molecule has 1 aliphatic carbocycles. The lowest BCUT2D eigenvalue weighted by Gasteiger charge is -2.15. The van der Waals surface area contributed by atoms with Crippen LogP contribution >= 0.6 is 11.6 Å². The Labute approximate surface area is 368 Å². The summed E-state index contributed by atoms with van der Waals surface area (Å²) in [6, 6.07) is 63.9. The zero-order valence-corrected chi connectivity index (χ0v) is 35.4. The zero-order valence-electron chi connectivity index (χ0n) is 34.6. The predicted molar refractivity (Wildman–Crippen MR) is 262 cm³/mol. The van der Waals surface area contributed by atoms with E-state index in [1.165, 1.54) is 60.0 Å². The quantitative estimate of drug-likeness (QED) is 0.131. The molecule has 2 atom stereocenters. The molecule has 0 radical (unpaired) electrons. The van der Waals surface area contributed by atoms with Gasteiger partial charge in [0.25, 0.3) is 0 Å². The molecule has 2 aliphatic rings. The Balaban J connectivity index is 0.000000131. The number of furan rings is 2. The van der Waals surface area contributed by atoms with Crippen LogP contribution in [0.3, 0.4) is 0 Å². The molecule has 0 bridgehead atoms. The van der Waals surface area contributed by atoms with Gasteiger partial charge in [-0.3, -0.25) is 0 Å². The minimum atomic E-state index is -0.313. The van der Waals surface area contributed by atoms with E-state index in [1.807, 2.05) is 36.4 Å². The molecule has 12 aromatic rings. The zero-order chi connectivity index (χ0) is 42.0. The summed E-state index contributed by atoms with van der Waals surface area (Å²) in [5.74, 6) is 0. The molecule has 300 valence electrons. The van der Waals surface area contributed by atoms with Gasteiger partial charge >= 0.3 is 7.12 Å². The molecule has 0 spiro atoms. The first-order chi connectivity index (χ1) is 30.8. The van der Waals surface area contributed by atoms with Crippen molar-refractivity contribution in [1.82, 2.24) is 0 Å². The van der Waals surface area contributed by atoms with Crippen molar-refractivity contribution in [3.8, 4) is 22.3 Å². The Bertz CT molecular complexity index is 3850. The van der Waals surface area contributed by atoms with Gasteiger partial charge in [0.1, 0.15) is 22.3 Å². The second kappa shape index (κ2) is 13.6. The van der Waals surface area contributed by atoms with Gasteiger partial charge in [0.05, 0.1) is 11.2 Å². The van der Waals surface area contributed by atoms with Crippen LogP contribution in [0.5, 0.6) is 0 Å². The van der Waals surface area contributed by atoms with Crippen LogP contribution in [0.25, 0.3) is 109 Å². The van der Waals surface area contributed by atoms with Gasteiger partial charge in [0, 0.05) is 33.0 Å². The number of hydrogen-bond donors (Lipinski definition) is 0. The third-order valence-corrected chi connectivity index (χ3v) is 14.0. The molecule has 2 unspecified atom stereocenters. The maximum atomic E-state index is 6.31. The van der Waals surface area contributed by atoms with Crippen molar-refractivity contribution in [3.05, 3.63) is 187 Å². The molecule has 0 N–H and O–H groups in total. The monoisotopic (exact) mass is 832 g/mol. The SMILES string of the molecule is CC12CC1(C)OB(c1ccc3c(c1)cc(-c1ccc4oc5ccccc5c4c1)c1ccccc13)O2.Clc1ccc2c(c1)cc(-c1ccc3oc4ccccc4c3c1)c1ccccc12. The summed E-state index contributed by atoms with van der Waals surface area (Å²) in [6.45, 7) is 4.30. The summed E-state index contributed by atoms with van der Waals surface area (Å²) < 4.78 is 24.7. The topological polar surface area (TPSA) is 44.7 Å². The second-order valence-corrected chi connectivity index (χ2v) is 18.0. The lowest BCUT2D eigenvalue weighted by Crippen LogP contribution is -2.35. The van der Waals surface area contributed by atoms with E-state index in [0.717, 1.165) is 66.2 Å². The van der Waals surface area contributed by atoms with E-state index >= 15 is 0 Å². The molecule has 2 fully saturated rings. The fourth-order valence-electron chi connectivity index (χ4n) is 10.2. The maximum Gasteiger partial charge on any atom is 0.494 e. The highest BCUT2D eigenvalue weighted by Gasteiger charge is 2.71. The molecular weight excluding hydrogens is 795 g/mol. The van der Waals surface area contributed by atoms with Gasteiger partial charge in [-0.05, 0) is 145 Å². The van der Waals surface area contributed by atoms with Crippen molar-refractivity contribution >= 4 is 111 Å². The average molecular weight is 833 g/mol. The molecule has 4 nitrogen and oxygen atoms in total. The van der Waals surface area contributed by atoms with Crippen LogP contribution in [0.15, 0.2) is 191 Å². The number of halogens is 1. The first-order valence-corrected chi connectivity index (χ1v) is 21.9. The highest BCUT2D eigenvalue weighted by Crippen LogP contribution is 2.58. The van der Waals surface area contributed by atoms with E-state index in [0.29, 0.717) is 0 Å². The fraction of sp³-hybridized carbons (Fsp3) is 0.0877. The van der Waals surface area contributed by atoms with Gasteiger partial charge in [-0.2, -0.15) is 0 Å². The summed E-state index contributed by atoms with van der Waals surface area (Å²) >= 11 is 6.28. The van der Waals surface area contributed by atoms with Crippen LogP contribution in [-0.2, 0) is 9.31 Å². The molecule has 1 saturated heterocycles. The summed E-state index contributed by atoms with van der Waals surface area (Å²) in [6.07, 6.45) is 0.962. The Morgan fingerprint density at radius 2 is 0.841 bits per heavy atom. The Morgan fingerprint density at radius 1 is 0.397 bits per heavy atom. The number of benzene rings is 10. The number of para-hydroxylation sites is 2. The minimum absolute atomic E-state index is 0.163. The summed E-state index contributed by atoms with van der Waals surface area (Å²) in [5, 5.41) is 15.1. The van der Waals surface area contributed by atoms with Gasteiger partial charge in [-0.15, -0.1) is 0 Å². The summed E-state index contributed by atoms with van der Waals surface area (Å²) in [4.78, 5) is 0. The molecular formula is C57H38BClO4. The smallest absolute Gasteiger partial charge is 0.456 e. The highest BCUT2D eigenvalue weighted by atomic mass is 35.5. The molecule has 1 saturated carbocycles. The van der Waals surface area contributed by atoms with Gasteiger partial charge < -0.3 is 18.1 Å². The largest absolute Gasteiger partial charge is 0.494 e. The van der Waals surface area contributed by atoms with E-state index in [1.54, 1.807) is 0 Å². The van der Waals surface area contributed by atoms with Crippen LogP contribution in [0.4, 0.5) is 0 Å². The van der Waals surface area contributed by atoms with Crippen LogP contribution < -0.4 is 5.46 Å². The molecule has 14 rings (SSSR count). The van der Waals surface area contributed by atoms with Crippen LogP contribution in [0.1, 0.15) is 20.3 Å². The standard InChI is InChI=1S/C31H23BO3.C26H15ClO/c1-30-18-31(30,2)35-32(34-30)21-12-13-22-20(15-21)17-26(24-8-4-3-7-23(22)24)19-11-14-29-27(16-19)25-9-5-6-10-28(25)33-29;27-18-10-11-19-17(13-18)15-23(21-6-2-1-5-20(19)21)16-9-12-26-24(14-16)22-7-3-4-8-25(22)28-26/h3-17H,18H2,1-2H3;1-15H. The molecule has 3 heterocycles. The van der Waals surface area contributed by atoms with E-state index in [4.69, 9.17) is 29.7 Å². The summed E-state index contributed by atoms with van der Waals surface area (Å²) in [7, 11) is -0.313. The van der Waals surface area contributed by atoms with E-state index in [2.05, 4.69) is 159 Å². The molecule has 0 amide bonds. The Hall–Kier alpha value is -6.89. The van der Waals surface area contributed by atoms with Crippen molar-refractivity contribution < 1.29 is 18.1 Å². The fourth-order valence-corrected chi connectivity index (χ4v) is 10.4. The molecule has 10 aromatic carbocycles. The van der Waals surface area contributed by atoms with Crippen molar-refractivity contribution in [3.63, 3.8) is 0 Å². The van der Waals surface area contributed by atoms with Gasteiger partial charge in [0.2, 0.25) is 0 Å². The lowest BCUT2D eigenvalue weighted by molar-refractivity contribution is 0.187. The first-order valence-electron chi connectivity index (χ1n) is 21.5.